The Hall–Kier alpha value is -3.88. The molecule has 0 saturated carbocycles. The van der Waals surface area contributed by atoms with E-state index in [9.17, 15) is 23.4 Å². The van der Waals surface area contributed by atoms with Crippen molar-refractivity contribution >= 4 is 16.1 Å². The number of hydrogen-bond acceptors (Lipinski definition) is 9. The molecule has 2 heterocycles. The molecular formula is C27H35N5O8S. The molecule has 2 aromatic carbocycles. The van der Waals surface area contributed by atoms with Crippen molar-refractivity contribution in [2.24, 2.45) is 5.92 Å². The van der Waals surface area contributed by atoms with Gasteiger partial charge >= 0.3 is 6.09 Å². The lowest BCUT2D eigenvalue weighted by Gasteiger charge is -2.30. The quantitative estimate of drug-likeness (QED) is 0.224. The average Bonchev–Trinajstić information content (AvgIpc) is 3.62. The summed E-state index contributed by atoms with van der Waals surface area (Å²) in [5, 5.41) is 30.6. The van der Waals surface area contributed by atoms with E-state index in [0.29, 0.717) is 30.4 Å². The highest BCUT2D eigenvalue weighted by Gasteiger charge is 2.32. The molecule has 0 unspecified atom stereocenters. The van der Waals surface area contributed by atoms with Crippen molar-refractivity contribution in [2.45, 2.75) is 50.3 Å². The Morgan fingerprint density at radius 3 is 2.59 bits per heavy atom. The number of benzene rings is 2. The van der Waals surface area contributed by atoms with Gasteiger partial charge in [-0.2, -0.15) is 4.31 Å². The number of amides is 1. The summed E-state index contributed by atoms with van der Waals surface area (Å²) in [7, 11) is -4.04. The maximum Gasteiger partial charge on any atom is 0.404 e. The molecule has 0 spiro atoms. The zero-order valence-corrected chi connectivity index (χ0v) is 23.7. The monoisotopic (exact) mass is 589 g/mol. The molecule has 1 aromatic heterocycles. The van der Waals surface area contributed by atoms with Gasteiger partial charge < -0.3 is 29.7 Å². The molecule has 1 aliphatic rings. The van der Waals surface area contributed by atoms with E-state index in [2.05, 4.69) is 15.6 Å². The van der Waals surface area contributed by atoms with Gasteiger partial charge in [0.15, 0.2) is 11.5 Å². The van der Waals surface area contributed by atoms with Crippen LogP contribution in [-0.4, -0.2) is 82.7 Å². The van der Waals surface area contributed by atoms with Crippen LogP contribution in [0.2, 0.25) is 0 Å². The molecule has 0 radical (unpaired) electrons. The van der Waals surface area contributed by atoms with Gasteiger partial charge in [0.1, 0.15) is 5.75 Å². The fourth-order valence-electron chi connectivity index (χ4n) is 4.39. The van der Waals surface area contributed by atoms with E-state index in [-0.39, 0.29) is 37.1 Å². The van der Waals surface area contributed by atoms with Crippen molar-refractivity contribution in [3.8, 4) is 17.2 Å². The molecule has 1 amide bonds. The molecule has 14 heteroatoms. The van der Waals surface area contributed by atoms with E-state index in [1.165, 1.54) is 22.5 Å². The maximum absolute atomic E-state index is 13.6. The number of hydrogen-bond donors (Lipinski definition) is 3. The molecule has 0 bridgehead atoms. The number of fused-ring (bicyclic) bond motifs is 1. The van der Waals surface area contributed by atoms with Crippen LogP contribution < -0.4 is 19.5 Å². The molecule has 13 nitrogen and oxygen atoms in total. The van der Waals surface area contributed by atoms with Crippen LogP contribution in [0.25, 0.3) is 0 Å². The third kappa shape index (κ3) is 8.31. The first kappa shape index (κ1) is 30.1. The Balaban J connectivity index is 1.41. The maximum atomic E-state index is 13.6. The van der Waals surface area contributed by atoms with Gasteiger partial charge in [0.05, 0.1) is 29.8 Å². The summed E-state index contributed by atoms with van der Waals surface area (Å²) >= 11 is 0. The summed E-state index contributed by atoms with van der Waals surface area (Å²) < 4.78 is 46.4. The van der Waals surface area contributed by atoms with Gasteiger partial charge in [-0.25, -0.2) is 13.2 Å². The van der Waals surface area contributed by atoms with Gasteiger partial charge in [-0.1, -0.05) is 31.2 Å². The van der Waals surface area contributed by atoms with Gasteiger partial charge in [0, 0.05) is 38.3 Å². The molecule has 1 aliphatic heterocycles. The smallest absolute Gasteiger partial charge is 0.404 e. The van der Waals surface area contributed by atoms with Crippen LogP contribution in [0.15, 0.2) is 59.8 Å². The van der Waals surface area contributed by atoms with Crippen molar-refractivity contribution in [3.63, 3.8) is 0 Å². The van der Waals surface area contributed by atoms with E-state index >= 15 is 0 Å². The molecule has 3 N–H and O–H groups in total. The van der Waals surface area contributed by atoms with Gasteiger partial charge in [-0.05, 0) is 42.2 Å². The average molecular weight is 590 g/mol. The number of aromatic nitrogens is 3. The number of aryl methyl sites for hydroxylation is 1. The van der Waals surface area contributed by atoms with Crippen LogP contribution in [0.4, 0.5) is 4.79 Å². The fourth-order valence-corrected chi connectivity index (χ4v) is 6.02. The molecular weight excluding hydrogens is 554 g/mol. The van der Waals surface area contributed by atoms with Crippen molar-refractivity contribution in [1.29, 1.82) is 0 Å². The molecule has 0 aliphatic carbocycles. The topological polar surface area (TPSA) is 165 Å². The first-order valence-electron chi connectivity index (χ1n) is 13.2. The molecule has 222 valence electrons. The number of aliphatic hydroxyl groups is 1. The van der Waals surface area contributed by atoms with Gasteiger partial charge in [0.2, 0.25) is 16.8 Å². The zero-order chi connectivity index (χ0) is 29.4. The Morgan fingerprint density at radius 1 is 1.15 bits per heavy atom. The standard InChI is InChI=1S/C27H35N5O8S/c1-19(2)16-32(41(36,37)22-8-9-25-26(15-22)40-18-39-25)17-24(33)23(29-27(34)35)14-20-4-6-21(7-5-20)38-13-3-11-31-12-10-28-30-31/h4-10,12,15,19,23-24,29,33H,3,11,13-14,16-18H2,1-2H3,(H,34,35)/t23-,24+/m0/s1. The van der Waals surface area contributed by atoms with Crippen molar-refractivity contribution in [3.05, 3.63) is 60.4 Å². The minimum atomic E-state index is -4.04. The van der Waals surface area contributed by atoms with Crippen LogP contribution in [0.3, 0.4) is 0 Å². The van der Waals surface area contributed by atoms with Gasteiger partial charge in [-0.15, -0.1) is 5.10 Å². The lowest BCUT2D eigenvalue weighted by atomic mass is 10.0. The summed E-state index contributed by atoms with van der Waals surface area (Å²) in [6.45, 7) is 4.69. The highest BCUT2D eigenvalue weighted by atomic mass is 32.2. The lowest BCUT2D eigenvalue weighted by Crippen LogP contribution is -2.50. The van der Waals surface area contributed by atoms with Gasteiger partial charge in [-0.3, -0.25) is 4.68 Å². The van der Waals surface area contributed by atoms with Crippen LogP contribution in [0.1, 0.15) is 25.8 Å². The number of carbonyl (C=O) groups is 1. The number of nitrogens with zero attached hydrogens (tertiary/aromatic N) is 4. The van der Waals surface area contributed by atoms with Crippen molar-refractivity contribution in [1.82, 2.24) is 24.6 Å². The number of sulfonamides is 1. The highest BCUT2D eigenvalue weighted by Crippen LogP contribution is 2.35. The van der Waals surface area contributed by atoms with Crippen molar-refractivity contribution in [2.75, 3.05) is 26.5 Å². The van der Waals surface area contributed by atoms with Crippen LogP contribution in [-0.2, 0) is 23.0 Å². The normalized spacial score (nSPS) is 14.3. The number of carboxylic acid groups (broad SMARTS) is 1. The zero-order valence-electron chi connectivity index (χ0n) is 22.9. The summed E-state index contributed by atoms with van der Waals surface area (Å²) in [6, 6.07) is 10.5. The molecule has 0 fully saturated rings. The van der Waals surface area contributed by atoms with Gasteiger partial charge in [0.25, 0.3) is 0 Å². The lowest BCUT2D eigenvalue weighted by molar-refractivity contribution is 0.0980. The minimum absolute atomic E-state index is 0.00535. The van der Waals surface area contributed by atoms with E-state index in [1.54, 1.807) is 41.3 Å². The second-order valence-electron chi connectivity index (χ2n) is 10.1. The first-order valence-corrected chi connectivity index (χ1v) is 14.7. The van der Waals surface area contributed by atoms with Crippen LogP contribution in [0.5, 0.6) is 17.2 Å². The van der Waals surface area contributed by atoms with Crippen LogP contribution >= 0.6 is 0 Å². The number of rotatable bonds is 15. The number of ether oxygens (including phenoxy) is 3. The predicted molar refractivity (Wildman–Crippen MR) is 147 cm³/mol. The second-order valence-corrected chi connectivity index (χ2v) is 12.0. The fraction of sp³-hybridized carbons (Fsp3) is 0.444. The predicted octanol–water partition coefficient (Wildman–Crippen LogP) is 2.36. The van der Waals surface area contributed by atoms with E-state index in [1.807, 2.05) is 13.8 Å². The Kier molecular flexibility index (Phi) is 10.0. The molecule has 41 heavy (non-hydrogen) atoms. The number of aliphatic hydroxyl groups excluding tert-OH is 1. The Labute approximate surface area is 238 Å². The Bertz CT molecular complexity index is 1380. The first-order chi connectivity index (χ1) is 19.6. The minimum Gasteiger partial charge on any atom is -0.494 e. The van der Waals surface area contributed by atoms with Crippen molar-refractivity contribution < 1.29 is 37.6 Å². The molecule has 2 atom stereocenters. The largest absolute Gasteiger partial charge is 0.494 e. The molecule has 0 saturated heterocycles. The van der Waals surface area contributed by atoms with E-state index in [4.69, 9.17) is 14.2 Å². The van der Waals surface area contributed by atoms with E-state index < -0.39 is 28.3 Å². The highest BCUT2D eigenvalue weighted by molar-refractivity contribution is 7.89. The summed E-state index contributed by atoms with van der Waals surface area (Å²) in [6.07, 6.45) is 1.61. The Morgan fingerprint density at radius 2 is 1.90 bits per heavy atom. The summed E-state index contributed by atoms with van der Waals surface area (Å²) in [5.41, 5.74) is 0.742. The second kappa shape index (κ2) is 13.7. The third-order valence-electron chi connectivity index (χ3n) is 6.37. The number of nitrogens with one attached hydrogen (secondary N) is 1. The molecule has 3 aromatic rings. The van der Waals surface area contributed by atoms with E-state index in [0.717, 1.165) is 12.0 Å². The summed E-state index contributed by atoms with van der Waals surface area (Å²) in [4.78, 5) is 11.6. The summed E-state index contributed by atoms with van der Waals surface area (Å²) in [5.74, 6) is 1.37. The SMILES string of the molecule is CC(C)CN(C[C@@H](O)[C@H](Cc1ccc(OCCCn2ccnn2)cc1)NC(=O)O)S(=O)(=O)c1ccc2c(c1)OCO2. The van der Waals surface area contributed by atoms with Crippen LogP contribution in [0, 0.1) is 5.92 Å². The third-order valence-corrected chi connectivity index (χ3v) is 8.19. The molecule has 4 rings (SSSR count).